The van der Waals surface area contributed by atoms with Crippen molar-refractivity contribution in [2.75, 3.05) is 45.8 Å². The maximum absolute atomic E-state index is 12.7. The van der Waals surface area contributed by atoms with E-state index in [9.17, 15) is 4.79 Å². The SMILES string of the molecule is COc1cc(NC2CCN(C(=O)[C@H]3NCCO[C@@H]3C)CC2)cc(OC)c1. The Kier molecular flexibility index (Phi) is 6.21. The molecule has 0 saturated carbocycles. The number of benzene rings is 1. The number of rotatable bonds is 5. The van der Waals surface area contributed by atoms with E-state index in [0.717, 1.165) is 49.7 Å². The van der Waals surface area contributed by atoms with Crippen molar-refractivity contribution in [1.29, 1.82) is 0 Å². The number of likely N-dealkylation sites (tertiary alicyclic amines) is 1. The third-order valence-electron chi connectivity index (χ3n) is 5.11. The van der Waals surface area contributed by atoms with Gasteiger partial charge in [0.25, 0.3) is 0 Å². The molecule has 26 heavy (non-hydrogen) atoms. The van der Waals surface area contributed by atoms with Gasteiger partial charge in [-0.1, -0.05) is 0 Å². The van der Waals surface area contributed by atoms with Crippen LogP contribution < -0.4 is 20.1 Å². The topological polar surface area (TPSA) is 72.1 Å². The smallest absolute Gasteiger partial charge is 0.242 e. The molecule has 0 spiro atoms. The lowest BCUT2D eigenvalue weighted by Crippen LogP contribution is -2.58. The van der Waals surface area contributed by atoms with E-state index in [1.165, 1.54) is 0 Å². The van der Waals surface area contributed by atoms with E-state index in [0.29, 0.717) is 12.6 Å². The van der Waals surface area contributed by atoms with Crippen LogP contribution in [0.25, 0.3) is 0 Å². The second-order valence-corrected chi connectivity index (χ2v) is 6.85. The number of nitrogens with zero attached hydrogens (tertiary/aromatic N) is 1. The zero-order valence-electron chi connectivity index (χ0n) is 15.8. The molecule has 7 nitrogen and oxygen atoms in total. The van der Waals surface area contributed by atoms with Crippen LogP contribution in [0.5, 0.6) is 11.5 Å². The highest BCUT2D eigenvalue weighted by Crippen LogP contribution is 2.27. The number of carbonyl (C=O) groups is 1. The van der Waals surface area contributed by atoms with E-state index in [2.05, 4.69) is 10.6 Å². The van der Waals surface area contributed by atoms with Crippen LogP contribution in [0.2, 0.25) is 0 Å². The van der Waals surface area contributed by atoms with Crippen LogP contribution in [-0.4, -0.2) is 69.5 Å². The van der Waals surface area contributed by atoms with Crippen LogP contribution >= 0.6 is 0 Å². The summed E-state index contributed by atoms with van der Waals surface area (Å²) in [6.45, 7) is 4.86. The van der Waals surface area contributed by atoms with E-state index >= 15 is 0 Å². The standard InChI is InChI=1S/C19H29N3O4/c1-13-18(20-6-9-26-13)19(23)22-7-4-14(5-8-22)21-15-10-16(24-2)12-17(11-15)25-3/h10-14,18,20-21H,4-9H2,1-3H3/t13-,18+/m1/s1. The second-order valence-electron chi connectivity index (χ2n) is 6.85. The average molecular weight is 363 g/mol. The Bertz CT molecular complexity index is 595. The lowest BCUT2D eigenvalue weighted by atomic mass is 10.0. The van der Waals surface area contributed by atoms with Gasteiger partial charge in [0.05, 0.1) is 26.9 Å². The molecule has 0 aliphatic carbocycles. The molecule has 0 aromatic heterocycles. The molecule has 1 amide bonds. The largest absolute Gasteiger partial charge is 0.497 e. The van der Waals surface area contributed by atoms with Crippen molar-refractivity contribution >= 4 is 11.6 Å². The van der Waals surface area contributed by atoms with Crippen molar-refractivity contribution in [3.05, 3.63) is 18.2 Å². The summed E-state index contributed by atoms with van der Waals surface area (Å²) < 4.78 is 16.2. The number of ether oxygens (including phenoxy) is 3. The van der Waals surface area contributed by atoms with Crippen LogP contribution in [0.1, 0.15) is 19.8 Å². The number of morpholine rings is 1. The van der Waals surface area contributed by atoms with Gasteiger partial charge in [-0.3, -0.25) is 4.79 Å². The van der Waals surface area contributed by atoms with Crippen molar-refractivity contribution in [1.82, 2.24) is 10.2 Å². The van der Waals surface area contributed by atoms with E-state index < -0.39 is 0 Å². The maximum atomic E-state index is 12.7. The number of anilines is 1. The van der Waals surface area contributed by atoms with E-state index in [4.69, 9.17) is 14.2 Å². The highest BCUT2D eigenvalue weighted by atomic mass is 16.5. The summed E-state index contributed by atoms with van der Waals surface area (Å²) in [6.07, 6.45) is 1.75. The third-order valence-corrected chi connectivity index (χ3v) is 5.11. The van der Waals surface area contributed by atoms with Gasteiger partial charge in [0.1, 0.15) is 17.5 Å². The molecule has 0 radical (unpaired) electrons. The Morgan fingerprint density at radius 3 is 2.42 bits per heavy atom. The summed E-state index contributed by atoms with van der Waals surface area (Å²) in [7, 11) is 3.29. The summed E-state index contributed by atoms with van der Waals surface area (Å²) in [6, 6.07) is 5.88. The minimum absolute atomic E-state index is 0.0728. The highest BCUT2D eigenvalue weighted by Gasteiger charge is 2.33. The van der Waals surface area contributed by atoms with Crippen LogP contribution in [0.4, 0.5) is 5.69 Å². The first-order chi connectivity index (χ1) is 12.6. The molecule has 2 fully saturated rings. The molecule has 144 valence electrons. The lowest BCUT2D eigenvalue weighted by Gasteiger charge is -2.37. The van der Waals surface area contributed by atoms with Gasteiger partial charge in [0, 0.05) is 49.6 Å². The van der Waals surface area contributed by atoms with Gasteiger partial charge in [-0.25, -0.2) is 0 Å². The normalized spacial score (nSPS) is 24.2. The molecule has 2 saturated heterocycles. The quantitative estimate of drug-likeness (QED) is 0.826. The summed E-state index contributed by atoms with van der Waals surface area (Å²) in [5.41, 5.74) is 0.974. The van der Waals surface area contributed by atoms with Crippen molar-refractivity contribution in [2.45, 2.75) is 38.0 Å². The summed E-state index contributed by atoms with van der Waals surface area (Å²) in [5, 5.41) is 6.82. The first-order valence-corrected chi connectivity index (χ1v) is 9.24. The first-order valence-electron chi connectivity index (χ1n) is 9.24. The summed E-state index contributed by atoms with van der Waals surface area (Å²) >= 11 is 0. The number of nitrogens with one attached hydrogen (secondary N) is 2. The van der Waals surface area contributed by atoms with E-state index in [-0.39, 0.29) is 18.1 Å². The minimum atomic E-state index is -0.226. The Labute approximate surface area is 155 Å². The Hall–Kier alpha value is -1.99. The first kappa shape index (κ1) is 18.8. The Morgan fingerprint density at radius 1 is 1.19 bits per heavy atom. The van der Waals surface area contributed by atoms with Gasteiger partial charge in [0.2, 0.25) is 5.91 Å². The molecule has 3 rings (SSSR count). The number of piperidine rings is 1. The predicted molar refractivity (Wildman–Crippen MR) is 100.0 cm³/mol. The predicted octanol–water partition coefficient (Wildman–Crippen LogP) is 1.48. The van der Waals surface area contributed by atoms with Gasteiger partial charge in [-0.05, 0) is 19.8 Å². The van der Waals surface area contributed by atoms with Gasteiger partial charge >= 0.3 is 0 Å². The molecular formula is C19H29N3O4. The molecule has 2 aliphatic heterocycles. The number of amides is 1. The number of methoxy groups -OCH3 is 2. The molecule has 2 atom stereocenters. The molecule has 0 unspecified atom stereocenters. The fourth-order valence-corrected chi connectivity index (χ4v) is 3.58. The van der Waals surface area contributed by atoms with E-state index in [1.807, 2.05) is 30.0 Å². The van der Waals surface area contributed by atoms with E-state index in [1.54, 1.807) is 14.2 Å². The van der Waals surface area contributed by atoms with Crippen molar-refractivity contribution < 1.29 is 19.0 Å². The average Bonchev–Trinajstić information content (AvgIpc) is 2.68. The Balaban J connectivity index is 1.54. The minimum Gasteiger partial charge on any atom is -0.497 e. The van der Waals surface area contributed by atoms with Crippen molar-refractivity contribution in [2.24, 2.45) is 0 Å². The van der Waals surface area contributed by atoms with Crippen LogP contribution in [0.3, 0.4) is 0 Å². The third kappa shape index (κ3) is 4.40. The fraction of sp³-hybridized carbons (Fsp3) is 0.632. The molecule has 7 heteroatoms. The highest BCUT2D eigenvalue weighted by molar-refractivity contribution is 5.82. The number of carbonyl (C=O) groups excluding carboxylic acids is 1. The molecule has 0 bridgehead atoms. The van der Waals surface area contributed by atoms with Gasteiger partial charge in [-0.2, -0.15) is 0 Å². The summed E-state index contributed by atoms with van der Waals surface area (Å²) in [5.74, 6) is 1.67. The van der Waals surface area contributed by atoms with Gasteiger partial charge < -0.3 is 29.7 Å². The van der Waals surface area contributed by atoms with Crippen LogP contribution in [0, 0.1) is 0 Å². The van der Waals surface area contributed by atoms with Crippen molar-refractivity contribution in [3.8, 4) is 11.5 Å². The molecule has 2 N–H and O–H groups in total. The van der Waals surface area contributed by atoms with Gasteiger partial charge in [-0.15, -0.1) is 0 Å². The zero-order chi connectivity index (χ0) is 18.5. The second kappa shape index (κ2) is 8.60. The maximum Gasteiger partial charge on any atom is 0.242 e. The molecule has 1 aromatic rings. The number of hydrogen-bond acceptors (Lipinski definition) is 6. The van der Waals surface area contributed by atoms with Crippen LogP contribution in [-0.2, 0) is 9.53 Å². The monoisotopic (exact) mass is 363 g/mol. The van der Waals surface area contributed by atoms with Gasteiger partial charge in [0.15, 0.2) is 0 Å². The molecule has 1 aromatic carbocycles. The fourth-order valence-electron chi connectivity index (χ4n) is 3.58. The summed E-state index contributed by atoms with van der Waals surface area (Å²) in [4.78, 5) is 14.7. The zero-order valence-corrected chi connectivity index (χ0v) is 15.8. The molecule has 2 aliphatic rings. The van der Waals surface area contributed by atoms with Crippen LogP contribution in [0.15, 0.2) is 18.2 Å². The van der Waals surface area contributed by atoms with Crippen molar-refractivity contribution in [3.63, 3.8) is 0 Å². The number of hydrogen-bond donors (Lipinski definition) is 2. The lowest BCUT2D eigenvalue weighted by molar-refractivity contribution is -0.140. The molecular weight excluding hydrogens is 334 g/mol. The molecule has 2 heterocycles. The Morgan fingerprint density at radius 2 is 1.85 bits per heavy atom.